The number of nitrogens with zero attached hydrogens (tertiary/aromatic N) is 1. The topological polar surface area (TPSA) is 59.9 Å². The van der Waals surface area contributed by atoms with E-state index in [1.807, 2.05) is 49.4 Å². The summed E-state index contributed by atoms with van der Waals surface area (Å²) in [6.45, 7) is 3.66. The van der Waals surface area contributed by atoms with Crippen LogP contribution in [0, 0.1) is 6.92 Å². The summed E-state index contributed by atoms with van der Waals surface area (Å²) in [4.78, 5) is 12.0. The summed E-state index contributed by atoms with van der Waals surface area (Å²) in [5.41, 5.74) is 4.43. The van der Waals surface area contributed by atoms with Gasteiger partial charge in [-0.3, -0.25) is 4.79 Å². The maximum atomic E-state index is 12.0. The zero-order valence-electron chi connectivity index (χ0n) is 13.7. The number of hydrogen-bond acceptors (Lipinski definition) is 4. The average Bonchev–Trinajstić information content (AvgIpc) is 2.57. The second-order valence-corrected chi connectivity index (χ2v) is 6.06. The number of aryl methyl sites for hydroxylation is 1. The largest absolute Gasteiger partial charge is 0.497 e. The van der Waals surface area contributed by atoms with Crippen molar-refractivity contribution in [3.63, 3.8) is 0 Å². The molecule has 2 rings (SSSR count). The van der Waals surface area contributed by atoms with Crippen LogP contribution in [0.15, 0.2) is 52.0 Å². The smallest absolute Gasteiger partial charge is 0.280 e. The van der Waals surface area contributed by atoms with Crippen LogP contribution in [0.3, 0.4) is 0 Å². The SMILES string of the molecule is COc1ccc(C=NNC(=O)C(C)Oc2ccc(C)cc2Br)cc1. The lowest BCUT2D eigenvalue weighted by atomic mass is 10.2. The fourth-order valence-corrected chi connectivity index (χ4v) is 2.48. The molecule has 0 aliphatic heterocycles. The monoisotopic (exact) mass is 390 g/mol. The summed E-state index contributed by atoms with van der Waals surface area (Å²) in [6, 6.07) is 13.0. The predicted molar refractivity (Wildman–Crippen MR) is 97.7 cm³/mol. The minimum atomic E-state index is -0.669. The van der Waals surface area contributed by atoms with E-state index in [2.05, 4.69) is 26.5 Å². The minimum absolute atomic E-state index is 0.327. The Balaban J connectivity index is 1.89. The van der Waals surface area contributed by atoms with Crippen LogP contribution in [0.1, 0.15) is 18.1 Å². The van der Waals surface area contributed by atoms with Gasteiger partial charge in [0.2, 0.25) is 0 Å². The van der Waals surface area contributed by atoms with Gasteiger partial charge in [-0.15, -0.1) is 0 Å². The van der Waals surface area contributed by atoms with E-state index in [0.29, 0.717) is 5.75 Å². The molecule has 0 aliphatic rings. The van der Waals surface area contributed by atoms with Gasteiger partial charge < -0.3 is 9.47 Å². The summed E-state index contributed by atoms with van der Waals surface area (Å²) in [7, 11) is 1.61. The van der Waals surface area contributed by atoms with Gasteiger partial charge >= 0.3 is 0 Å². The fraction of sp³-hybridized carbons (Fsp3) is 0.222. The molecule has 0 fully saturated rings. The molecule has 0 saturated heterocycles. The lowest BCUT2D eigenvalue weighted by Gasteiger charge is -2.14. The molecule has 1 atom stereocenters. The fourth-order valence-electron chi connectivity index (χ4n) is 1.90. The standard InChI is InChI=1S/C18H19BrN2O3/c1-12-4-9-17(16(19)10-12)24-13(2)18(22)21-20-11-14-5-7-15(23-3)8-6-14/h4-11,13H,1-3H3,(H,21,22). The Morgan fingerprint density at radius 3 is 2.58 bits per heavy atom. The summed E-state index contributed by atoms with van der Waals surface area (Å²) in [6.07, 6.45) is 0.892. The number of carbonyl (C=O) groups excluding carboxylic acids is 1. The zero-order chi connectivity index (χ0) is 17.5. The van der Waals surface area contributed by atoms with E-state index in [9.17, 15) is 4.79 Å². The van der Waals surface area contributed by atoms with Gasteiger partial charge in [0.15, 0.2) is 6.10 Å². The molecule has 0 aliphatic carbocycles. The maximum Gasteiger partial charge on any atom is 0.280 e. The minimum Gasteiger partial charge on any atom is -0.497 e. The lowest BCUT2D eigenvalue weighted by molar-refractivity contribution is -0.127. The molecule has 24 heavy (non-hydrogen) atoms. The highest BCUT2D eigenvalue weighted by Gasteiger charge is 2.15. The highest BCUT2D eigenvalue weighted by atomic mass is 79.9. The molecule has 0 radical (unpaired) electrons. The van der Waals surface area contributed by atoms with Crippen molar-refractivity contribution in [1.82, 2.24) is 5.43 Å². The van der Waals surface area contributed by atoms with Crippen molar-refractivity contribution in [2.75, 3.05) is 7.11 Å². The summed E-state index contributed by atoms with van der Waals surface area (Å²) in [5, 5.41) is 3.94. The molecule has 0 heterocycles. The van der Waals surface area contributed by atoms with Crippen LogP contribution < -0.4 is 14.9 Å². The van der Waals surface area contributed by atoms with E-state index >= 15 is 0 Å². The van der Waals surface area contributed by atoms with Crippen molar-refractivity contribution in [2.24, 2.45) is 5.10 Å². The number of ether oxygens (including phenoxy) is 2. The first-order chi connectivity index (χ1) is 11.5. The number of halogens is 1. The van der Waals surface area contributed by atoms with Crippen molar-refractivity contribution in [1.29, 1.82) is 0 Å². The van der Waals surface area contributed by atoms with Crippen molar-refractivity contribution in [2.45, 2.75) is 20.0 Å². The van der Waals surface area contributed by atoms with Gasteiger partial charge in [-0.1, -0.05) is 6.07 Å². The third kappa shape index (κ3) is 5.09. The normalized spacial score (nSPS) is 12.0. The molecular weight excluding hydrogens is 372 g/mol. The van der Waals surface area contributed by atoms with Crippen molar-refractivity contribution < 1.29 is 14.3 Å². The van der Waals surface area contributed by atoms with Gasteiger partial charge in [0.05, 0.1) is 17.8 Å². The molecule has 126 valence electrons. The predicted octanol–water partition coefficient (Wildman–Crippen LogP) is 3.68. The maximum absolute atomic E-state index is 12.0. The van der Waals surface area contributed by atoms with Gasteiger partial charge in [-0.05, 0) is 77.3 Å². The number of rotatable bonds is 6. The van der Waals surface area contributed by atoms with Crippen LogP contribution in [0.5, 0.6) is 11.5 Å². The second kappa shape index (κ2) is 8.49. The molecule has 1 N–H and O–H groups in total. The van der Waals surface area contributed by atoms with Crippen molar-refractivity contribution in [3.8, 4) is 11.5 Å². The Morgan fingerprint density at radius 2 is 1.96 bits per heavy atom. The molecule has 0 spiro atoms. The van der Waals surface area contributed by atoms with Gasteiger partial charge in [0, 0.05) is 0 Å². The summed E-state index contributed by atoms with van der Waals surface area (Å²) >= 11 is 3.42. The Kier molecular flexibility index (Phi) is 6.37. The Labute approximate surface area is 149 Å². The molecule has 2 aromatic rings. The highest BCUT2D eigenvalue weighted by molar-refractivity contribution is 9.10. The second-order valence-electron chi connectivity index (χ2n) is 5.20. The molecule has 1 unspecified atom stereocenters. The lowest BCUT2D eigenvalue weighted by Crippen LogP contribution is -2.33. The van der Waals surface area contributed by atoms with E-state index in [1.165, 1.54) is 0 Å². The Bertz CT molecular complexity index is 730. The van der Waals surface area contributed by atoms with Crippen LogP contribution in [0.4, 0.5) is 0 Å². The quantitative estimate of drug-likeness (QED) is 0.604. The molecule has 2 aromatic carbocycles. The Morgan fingerprint density at radius 1 is 1.25 bits per heavy atom. The van der Waals surface area contributed by atoms with Gasteiger partial charge in [0.1, 0.15) is 11.5 Å². The number of nitrogens with one attached hydrogen (secondary N) is 1. The molecule has 5 nitrogen and oxygen atoms in total. The molecule has 1 amide bonds. The first kappa shape index (κ1) is 18.0. The van der Waals surface area contributed by atoms with Crippen LogP contribution in [-0.2, 0) is 4.79 Å². The molecule has 6 heteroatoms. The van der Waals surface area contributed by atoms with Crippen molar-refractivity contribution >= 4 is 28.1 Å². The van der Waals surface area contributed by atoms with E-state index in [1.54, 1.807) is 20.2 Å². The Hall–Kier alpha value is -2.34. The summed E-state index contributed by atoms with van der Waals surface area (Å²) in [5.74, 6) is 1.05. The number of carbonyl (C=O) groups is 1. The van der Waals surface area contributed by atoms with Crippen LogP contribution in [0.2, 0.25) is 0 Å². The number of benzene rings is 2. The van der Waals surface area contributed by atoms with E-state index in [0.717, 1.165) is 21.3 Å². The zero-order valence-corrected chi connectivity index (χ0v) is 15.3. The molecular formula is C18H19BrN2O3. The molecule has 0 bridgehead atoms. The van der Waals surface area contributed by atoms with Gasteiger partial charge in [-0.2, -0.15) is 5.10 Å². The van der Waals surface area contributed by atoms with Gasteiger partial charge in [0.25, 0.3) is 5.91 Å². The highest BCUT2D eigenvalue weighted by Crippen LogP contribution is 2.26. The van der Waals surface area contributed by atoms with Crippen molar-refractivity contribution in [3.05, 3.63) is 58.1 Å². The number of methoxy groups -OCH3 is 1. The third-order valence-electron chi connectivity index (χ3n) is 3.26. The third-order valence-corrected chi connectivity index (χ3v) is 3.88. The average molecular weight is 391 g/mol. The number of amides is 1. The number of hydrogen-bond donors (Lipinski definition) is 1. The molecule has 0 saturated carbocycles. The molecule has 0 aromatic heterocycles. The summed E-state index contributed by atoms with van der Waals surface area (Å²) < 4.78 is 11.5. The first-order valence-electron chi connectivity index (χ1n) is 7.39. The first-order valence-corrected chi connectivity index (χ1v) is 8.18. The van der Waals surface area contributed by atoms with Crippen LogP contribution in [-0.4, -0.2) is 25.3 Å². The van der Waals surface area contributed by atoms with E-state index in [-0.39, 0.29) is 5.91 Å². The van der Waals surface area contributed by atoms with E-state index < -0.39 is 6.10 Å². The number of hydrazone groups is 1. The van der Waals surface area contributed by atoms with Gasteiger partial charge in [-0.25, -0.2) is 5.43 Å². The van der Waals surface area contributed by atoms with Crippen LogP contribution in [0.25, 0.3) is 0 Å². The van der Waals surface area contributed by atoms with Crippen LogP contribution >= 0.6 is 15.9 Å². The van der Waals surface area contributed by atoms with E-state index in [4.69, 9.17) is 9.47 Å².